The second-order valence-corrected chi connectivity index (χ2v) is 7.31. The second kappa shape index (κ2) is 12.5. The summed E-state index contributed by atoms with van der Waals surface area (Å²) in [5.41, 5.74) is 4.84. The van der Waals surface area contributed by atoms with Crippen LogP contribution in [0.5, 0.6) is 11.5 Å². The highest BCUT2D eigenvalue weighted by Gasteiger charge is 2.14. The highest BCUT2D eigenvalue weighted by Crippen LogP contribution is 2.28. The van der Waals surface area contributed by atoms with Crippen molar-refractivity contribution in [1.82, 2.24) is 5.43 Å². The molecule has 0 unspecified atom stereocenters. The van der Waals surface area contributed by atoms with Gasteiger partial charge in [-0.1, -0.05) is 36.4 Å². The summed E-state index contributed by atoms with van der Waals surface area (Å²) < 4.78 is 11.2. The Morgan fingerprint density at radius 2 is 1.60 bits per heavy atom. The van der Waals surface area contributed by atoms with Crippen LogP contribution in [0.1, 0.15) is 18.1 Å². The minimum absolute atomic E-state index is 0.200. The Labute approximate surface area is 203 Å². The molecule has 0 aliphatic rings. The average molecular weight is 475 g/mol. The summed E-state index contributed by atoms with van der Waals surface area (Å²) in [7, 11) is 0. The SMILES string of the molecule is CCOc1cc(/C=N\NC(=O)C(=O)Nc2ccccc2C)ccc1OCC(=O)Nc1ccccc1. The molecule has 0 radical (unpaired) electrons. The van der Waals surface area contributed by atoms with Crippen LogP contribution in [0.3, 0.4) is 0 Å². The molecule has 0 bridgehead atoms. The number of hydrazone groups is 1. The summed E-state index contributed by atoms with van der Waals surface area (Å²) in [4.78, 5) is 36.2. The van der Waals surface area contributed by atoms with E-state index in [4.69, 9.17) is 9.47 Å². The van der Waals surface area contributed by atoms with Crippen molar-refractivity contribution in [3.8, 4) is 11.5 Å². The molecule has 0 saturated heterocycles. The van der Waals surface area contributed by atoms with E-state index in [1.165, 1.54) is 6.21 Å². The Morgan fingerprint density at radius 3 is 2.34 bits per heavy atom. The molecule has 3 amide bonds. The molecule has 0 aromatic heterocycles. The first kappa shape index (κ1) is 25.0. The molecule has 3 rings (SSSR count). The first-order chi connectivity index (χ1) is 17.0. The van der Waals surface area contributed by atoms with Crippen LogP contribution in [0.2, 0.25) is 0 Å². The summed E-state index contributed by atoms with van der Waals surface area (Å²) in [6.07, 6.45) is 1.37. The smallest absolute Gasteiger partial charge is 0.329 e. The van der Waals surface area contributed by atoms with Crippen LogP contribution < -0.4 is 25.5 Å². The highest BCUT2D eigenvalue weighted by molar-refractivity contribution is 6.39. The number of nitrogens with one attached hydrogen (secondary N) is 3. The van der Waals surface area contributed by atoms with Gasteiger partial charge < -0.3 is 20.1 Å². The zero-order chi connectivity index (χ0) is 25.0. The Bertz CT molecular complexity index is 1210. The normalized spacial score (nSPS) is 10.5. The molecule has 9 nitrogen and oxygen atoms in total. The lowest BCUT2D eigenvalue weighted by atomic mass is 10.2. The quantitative estimate of drug-likeness (QED) is 0.249. The minimum atomic E-state index is -0.904. The Morgan fingerprint density at radius 1 is 0.857 bits per heavy atom. The zero-order valence-corrected chi connectivity index (χ0v) is 19.4. The molecule has 0 spiro atoms. The molecular formula is C26H26N4O5. The number of carbonyl (C=O) groups excluding carboxylic acids is 3. The number of anilines is 2. The number of aryl methyl sites for hydroxylation is 1. The van der Waals surface area contributed by atoms with Gasteiger partial charge in [-0.15, -0.1) is 0 Å². The number of para-hydroxylation sites is 2. The van der Waals surface area contributed by atoms with Crippen molar-refractivity contribution >= 4 is 35.3 Å². The first-order valence-corrected chi connectivity index (χ1v) is 10.9. The van der Waals surface area contributed by atoms with Gasteiger partial charge in [-0.3, -0.25) is 14.4 Å². The molecule has 0 aliphatic heterocycles. The maximum atomic E-state index is 12.1. The number of hydrogen-bond donors (Lipinski definition) is 3. The molecule has 9 heteroatoms. The number of ether oxygens (including phenoxy) is 2. The van der Waals surface area contributed by atoms with Crippen LogP contribution in [-0.2, 0) is 14.4 Å². The molecule has 35 heavy (non-hydrogen) atoms. The van der Waals surface area contributed by atoms with Gasteiger partial charge in [-0.25, -0.2) is 5.43 Å². The lowest BCUT2D eigenvalue weighted by molar-refractivity contribution is -0.136. The van der Waals surface area contributed by atoms with Gasteiger partial charge in [0.25, 0.3) is 5.91 Å². The van der Waals surface area contributed by atoms with E-state index < -0.39 is 11.8 Å². The van der Waals surface area contributed by atoms with Gasteiger partial charge in [-0.05, 0) is 61.4 Å². The summed E-state index contributed by atoms with van der Waals surface area (Å²) in [5, 5.41) is 9.11. The monoisotopic (exact) mass is 474 g/mol. The summed E-state index contributed by atoms with van der Waals surface area (Å²) >= 11 is 0. The van der Waals surface area contributed by atoms with Crippen molar-refractivity contribution in [1.29, 1.82) is 0 Å². The number of amides is 3. The van der Waals surface area contributed by atoms with E-state index in [2.05, 4.69) is 21.2 Å². The molecule has 3 aromatic rings. The Hall–Kier alpha value is -4.66. The minimum Gasteiger partial charge on any atom is -0.490 e. The second-order valence-electron chi connectivity index (χ2n) is 7.31. The molecule has 0 saturated carbocycles. The van der Waals surface area contributed by atoms with Crippen molar-refractivity contribution in [3.63, 3.8) is 0 Å². The number of carbonyl (C=O) groups is 3. The van der Waals surface area contributed by atoms with Gasteiger partial charge >= 0.3 is 11.8 Å². The molecule has 0 atom stereocenters. The van der Waals surface area contributed by atoms with Gasteiger partial charge in [0, 0.05) is 11.4 Å². The molecule has 3 N–H and O–H groups in total. The van der Waals surface area contributed by atoms with E-state index in [9.17, 15) is 14.4 Å². The fraction of sp³-hybridized carbons (Fsp3) is 0.154. The van der Waals surface area contributed by atoms with Crippen molar-refractivity contribution in [2.24, 2.45) is 5.10 Å². The standard InChI is InChI=1S/C26H26N4O5/c1-3-34-23-15-19(13-14-22(23)35-17-24(31)28-20-10-5-4-6-11-20)16-27-30-26(33)25(32)29-21-12-8-7-9-18(21)2/h4-16H,3,17H2,1-2H3,(H,28,31)(H,29,32)(H,30,33)/b27-16-. The van der Waals surface area contributed by atoms with Gasteiger partial charge in [0.2, 0.25) is 0 Å². The third-order valence-electron chi connectivity index (χ3n) is 4.66. The molecule has 0 fully saturated rings. The molecular weight excluding hydrogens is 448 g/mol. The maximum Gasteiger partial charge on any atom is 0.329 e. The van der Waals surface area contributed by atoms with Crippen molar-refractivity contribution in [3.05, 3.63) is 83.9 Å². The zero-order valence-electron chi connectivity index (χ0n) is 19.4. The predicted molar refractivity (Wildman–Crippen MR) is 134 cm³/mol. The largest absolute Gasteiger partial charge is 0.490 e. The van der Waals surface area contributed by atoms with E-state index in [1.54, 1.807) is 42.5 Å². The number of hydrogen-bond acceptors (Lipinski definition) is 6. The number of benzene rings is 3. The van der Waals surface area contributed by atoms with E-state index >= 15 is 0 Å². The number of rotatable bonds is 9. The first-order valence-electron chi connectivity index (χ1n) is 10.9. The maximum absolute atomic E-state index is 12.1. The average Bonchev–Trinajstić information content (AvgIpc) is 2.85. The van der Waals surface area contributed by atoms with E-state index in [1.807, 2.05) is 44.2 Å². The lowest BCUT2D eigenvalue weighted by Gasteiger charge is -2.12. The third-order valence-corrected chi connectivity index (χ3v) is 4.66. The molecule has 180 valence electrons. The van der Waals surface area contributed by atoms with Crippen molar-refractivity contribution in [2.45, 2.75) is 13.8 Å². The van der Waals surface area contributed by atoms with Gasteiger partial charge in [0.1, 0.15) is 0 Å². The Kier molecular flexibility index (Phi) is 8.95. The molecule has 0 aliphatic carbocycles. The highest BCUT2D eigenvalue weighted by atomic mass is 16.5. The predicted octanol–water partition coefficient (Wildman–Crippen LogP) is 3.50. The number of nitrogens with zero attached hydrogens (tertiary/aromatic N) is 1. The van der Waals surface area contributed by atoms with Gasteiger partial charge in [0.05, 0.1) is 12.8 Å². The van der Waals surface area contributed by atoms with Crippen molar-refractivity contribution in [2.75, 3.05) is 23.8 Å². The van der Waals surface area contributed by atoms with Crippen LogP contribution in [0, 0.1) is 6.92 Å². The molecule has 0 heterocycles. The topological polar surface area (TPSA) is 118 Å². The van der Waals surface area contributed by atoms with Gasteiger partial charge in [0.15, 0.2) is 18.1 Å². The van der Waals surface area contributed by atoms with Crippen LogP contribution in [0.15, 0.2) is 77.9 Å². The third kappa shape index (κ3) is 7.71. The van der Waals surface area contributed by atoms with Crippen LogP contribution in [0.4, 0.5) is 11.4 Å². The van der Waals surface area contributed by atoms with Crippen LogP contribution >= 0.6 is 0 Å². The van der Waals surface area contributed by atoms with E-state index in [0.29, 0.717) is 35.0 Å². The summed E-state index contributed by atoms with van der Waals surface area (Å²) in [6.45, 7) is 3.82. The van der Waals surface area contributed by atoms with E-state index in [0.717, 1.165) is 5.56 Å². The molecule has 3 aromatic carbocycles. The summed E-state index contributed by atoms with van der Waals surface area (Å²) in [6, 6.07) is 21.1. The lowest BCUT2D eigenvalue weighted by Crippen LogP contribution is -2.32. The fourth-order valence-corrected chi connectivity index (χ4v) is 2.96. The van der Waals surface area contributed by atoms with Crippen molar-refractivity contribution < 1.29 is 23.9 Å². The van der Waals surface area contributed by atoms with Crippen LogP contribution in [-0.4, -0.2) is 37.1 Å². The summed E-state index contributed by atoms with van der Waals surface area (Å²) in [5.74, 6) is -1.25. The van der Waals surface area contributed by atoms with Crippen LogP contribution in [0.25, 0.3) is 0 Å². The van der Waals surface area contributed by atoms with Gasteiger partial charge in [-0.2, -0.15) is 5.10 Å². The Balaban J connectivity index is 1.56. The van der Waals surface area contributed by atoms with E-state index in [-0.39, 0.29) is 12.5 Å². The fourth-order valence-electron chi connectivity index (χ4n) is 2.96.